The fourth-order valence-electron chi connectivity index (χ4n) is 3.45. The van der Waals surface area contributed by atoms with Gasteiger partial charge in [0.05, 0.1) is 30.7 Å². The largest absolute Gasteiger partial charge is 0.378 e. The average molecular weight is 415 g/mol. The standard InChI is InChI=1S/C19H24N6O3.C2H6/c26-18(23-9-11-28-12-10-23)16-13-21-25(14-16)19(27)24-7-5-22(6-8-24)15-17-3-1-2-4-20-17;1-2/h1-4,13-14H,5-12,15H2;1-2H3. The van der Waals surface area contributed by atoms with E-state index in [1.165, 1.54) is 17.1 Å². The number of hydrogen-bond donors (Lipinski definition) is 0. The van der Waals surface area contributed by atoms with Crippen molar-refractivity contribution in [3.63, 3.8) is 0 Å². The first-order valence-corrected chi connectivity index (χ1v) is 10.5. The summed E-state index contributed by atoms with van der Waals surface area (Å²) in [5.41, 5.74) is 1.46. The van der Waals surface area contributed by atoms with Crippen LogP contribution < -0.4 is 0 Å². The molecule has 0 N–H and O–H groups in total. The Morgan fingerprint density at radius 2 is 1.73 bits per heavy atom. The molecule has 2 saturated heterocycles. The van der Waals surface area contributed by atoms with Crippen molar-refractivity contribution in [2.45, 2.75) is 20.4 Å². The fraction of sp³-hybridized carbons (Fsp3) is 0.524. The Labute approximate surface area is 177 Å². The zero-order valence-electron chi connectivity index (χ0n) is 17.7. The van der Waals surface area contributed by atoms with Crippen LogP contribution in [-0.4, -0.2) is 93.9 Å². The third-order valence-electron chi connectivity index (χ3n) is 5.08. The van der Waals surface area contributed by atoms with Crippen LogP contribution in [-0.2, 0) is 11.3 Å². The zero-order valence-corrected chi connectivity index (χ0v) is 17.7. The Morgan fingerprint density at radius 1 is 1.00 bits per heavy atom. The Balaban J connectivity index is 0.00000124. The molecular weight excluding hydrogens is 384 g/mol. The molecule has 0 aliphatic carbocycles. The molecule has 30 heavy (non-hydrogen) atoms. The van der Waals surface area contributed by atoms with Gasteiger partial charge in [0.1, 0.15) is 0 Å². The molecule has 2 aromatic rings. The molecule has 9 heteroatoms. The molecule has 0 aromatic carbocycles. The van der Waals surface area contributed by atoms with Crippen LogP contribution in [0, 0.1) is 0 Å². The van der Waals surface area contributed by atoms with E-state index in [2.05, 4.69) is 15.0 Å². The third-order valence-corrected chi connectivity index (χ3v) is 5.08. The van der Waals surface area contributed by atoms with Crippen molar-refractivity contribution in [3.8, 4) is 0 Å². The molecule has 2 amide bonds. The van der Waals surface area contributed by atoms with Crippen LogP contribution in [0.15, 0.2) is 36.8 Å². The summed E-state index contributed by atoms with van der Waals surface area (Å²) in [5.74, 6) is -0.109. The van der Waals surface area contributed by atoms with Crippen LogP contribution in [0.3, 0.4) is 0 Å². The van der Waals surface area contributed by atoms with Gasteiger partial charge in [-0.1, -0.05) is 19.9 Å². The van der Waals surface area contributed by atoms with Crippen molar-refractivity contribution in [2.75, 3.05) is 52.5 Å². The molecule has 0 radical (unpaired) electrons. The van der Waals surface area contributed by atoms with Crippen molar-refractivity contribution in [1.29, 1.82) is 0 Å². The number of aromatic nitrogens is 3. The molecule has 0 atom stereocenters. The Hall–Kier alpha value is -2.78. The van der Waals surface area contributed by atoms with E-state index in [1.807, 2.05) is 32.0 Å². The van der Waals surface area contributed by atoms with Crippen LogP contribution in [0.4, 0.5) is 4.79 Å². The summed E-state index contributed by atoms with van der Waals surface area (Å²) in [7, 11) is 0. The first-order valence-electron chi connectivity index (χ1n) is 10.5. The normalized spacial score (nSPS) is 17.3. The first kappa shape index (κ1) is 21.9. The van der Waals surface area contributed by atoms with Crippen molar-refractivity contribution < 1.29 is 14.3 Å². The highest BCUT2D eigenvalue weighted by molar-refractivity contribution is 5.94. The minimum absolute atomic E-state index is 0.109. The summed E-state index contributed by atoms with van der Waals surface area (Å²) in [6.45, 7) is 9.81. The summed E-state index contributed by atoms with van der Waals surface area (Å²) >= 11 is 0. The lowest BCUT2D eigenvalue weighted by atomic mass is 10.2. The van der Waals surface area contributed by atoms with Gasteiger partial charge in [-0.2, -0.15) is 9.78 Å². The lowest BCUT2D eigenvalue weighted by Gasteiger charge is -2.34. The highest BCUT2D eigenvalue weighted by atomic mass is 16.5. The molecule has 9 nitrogen and oxygen atoms in total. The van der Waals surface area contributed by atoms with Crippen LogP contribution in [0.5, 0.6) is 0 Å². The second kappa shape index (κ2) is 10.8. The molecule has 2 aliphatic heterocycles. The van der Waals surface area contributed by atoms with Crippen molar-refractivity contribution >= 4 is 11.9 Å². The molecule has 4 rings (SSSR count). The van der Waals surface area contributed by atoms with Crippen molar-refractivity contribution in [2.24, 2.45) is 0 Å². The minimum atomic E-state index is -0.196. The topological polar surface area (TPSA) is 83.8 Å². The molecule has 0 unspecified atom stereocenters. The molecule has 2 aromatic heterocycles. The maximum absolute atomic E-state index is 12.7. The van der Waals surface area contributed by atoms with E-state index < -0.39 is 0 Å². The summed E-state index contributed by atoms with van der Waals surface area (Å²) in [6, 6.07) is 5.70. The van der Waals surface area contributed by atoms with E-state index in [-0.39, 0.29) is 11.9 Å². The van der Waals surface area contributed by atoms with Gasteiger partial charge in [-0.3, -0.25) is 14.7 Å². The second-order valence-corrected chi connectivity index (χ2v) is 6.94. The monoisotopic (exact) mass is 414 g/mol. The van der Waals surface area contributed by atoms with E-state index in [0.717, 1.165) is 25.3 Å². The molecule has 2 fully saturated rings. The number of nitrogens with zero attached hydrogens (tertiary/aromatic N) is 6. The molecule has 4 heterocycles. The Kier molecular flexibility index (Phi) is 7.92. The van der Waals surface area contributed by atoms with Gasteiger partial charge in [0.2, 0.25) is 0 Å². The van der Waals surface area contributed by atoms with Crippen LogP contribution in [0.25, 0.3) is 0 Å². The van der Waals surface area contributed by atoms with Crippen LogP contribution in [0.1, 0.15) is 29.9 Å². The number of amides is 2. The second-order valence-electron chi connectivity index (χ2n) is 6.94. The third kappa shape index (κ3) is 5.43. The van der Waals surface area contributed by atoms with Gasteiger partial charge in [0, 0.05) is 58.2 Å². The first-order chi connectivity index (χ1) is 14.7. The predicted molar refractivity (Wildman–Crippen MR) is 112 cm³/mol. The minimum Gasteiger partial charge on any atom is -0.378 e. The molecule has 2 aliphatic rings. The predicted octanol–water partition coefficient (Wildman–Crippen LogP) is 1.56. The van der Waals surface area contributed by atoms with E-state index >= 15 is 0 Å². The maximum atomic E-state index is 12.7. The number of ether oxygens (including phenoxy) is 1. The lowest BCUT2D eigenvalue weighted by Crippen LogP contribution is -2.49. The van der Waals surface area contributed by atoms with E-state index in [9.17, 15) is 9.59 Å². The molecular formula is C21H30N6O3. The highest BCUT2D eigenvalue weighted by Gasteiger charge is 2.25. The number of rotatable bonds is 3. The SMILES string of the molecule is CC.O=C(c1cnn(C(=O)N2CCN(Cc3ccccn3)CC2)c1)N1CCOCC1. The number of carbonyl (C=O) groups excluding carboxylic acids is 2. The number of piperazine rings is 1. The molecule has 162 valence electrons. The molecule has 0 spiro atoms. The van der Waals surface area contributed by atoms with Gasteiger partial charge < -0.3 is 14.5 Å². The Bertz CT molecular complexity index is 811. The molecule has 0 bridgehead atoms. The average Bonchev–Trinajstić information content (AvgIpc) is 3.31. The van der Waals surface area contributed by atoms with Crippen LogP contribution >= 0.6 is 0 Å². The highest BCUT2D eigenvalue weighted by Crippen LogP contribution is 2.10. The summed E-state index contributed by atoms with van der Waals surface area (Å²) < 4.78 is 6.54. The fourth-order valence-corrected chi connectivity index (χ4v) is 3.45. The number of carbonyl (C=O) groups is 2. The number of morpholine rings is 1. The number of hydrogen-bond acceptors (Lipinski definition) is 6. The van der Waals surface area contributed by atoms with E-state index in [4.69, 9.17) is 4.74 Å². The van der Waals surface area contributed by atoms with Gasteiger partial charge in [0.25, 0.3) is 5.91 Å². The van der Waals surface area contributed by atoms with Crippen molar-refractivity contribution in [3.05, 3.63) is 48.0 Å². The summed E-state index contributed by atoms with van der Waals surface area (Å²) in [6.07, 6.45) is 4.79. The van der Waals surface area contributed by atoms with Crippen LogP contribution in [0.2, 0.25) is 0 Å². The quantitative estimate of drug-likeness (QED) is 0.758. The van der Waals surface area contributed by atoms with Gasteiger partial charge in [-0.25, -0.2) is 4.79 Å². The van der Waals surface area contributed by atoms with E-state index in [1.54, 1.807) is 16.0 Å². The zero-order chi connectivity index (χ0) is 21.3. The van der Waals surface area contributed by atoms with E-state index in [0.29, 0.717) is 45.0 Å². The number of pyridine rings is 1. The summed E-state index contributed by atoms with van der Waals surface area (Å²) in [4.78, 5) is 35.4. The van der Waals surface area contributed by atoms with Crippen molar-refractivity contribution in [1.82, 2.24) is 29.5 Å². The Morgan fingerprint density at radius 3 is 2.40 bits per heavy atom. The maximum Gasteiger partial charge on any atom is 0.344 e. The van der Waals surface area contributed by atoms with Gasteiger partial charge >= 0.3 is 6.03 Å². The summed E-state index contributed by atoms with van der Waals surface area (Å²) in [5, 5.41) is 4.12. The van der Waals surface area contributed by atoms with Gasteiger partial charge in [0.15, 0.2) is 0 Å². The molecule has 0 saturated carbocycles. The smallest absolute Gasteiger partial charge is 0.344 e. The lowest BCUT2D eigenvalue weighted by molar-refractivity contribution is 0.0303. The van der Waals surface area contributed by atoms with Gasteiger partial charge in [-0.15, -0.1) is 0 Å². The van der Waals surface area contributed by atoms with Gasteiger partial charge in [-0.05, 0) is 12.1 Å².